The fourth-order valence-electron chi connectivity index (χ4n) is 4.70. The van der Waals surface area contributed by atoms with Gasteiger partial charge in [0.25, 0.3) is 0 Å². The average molecular weight is 518 g/mol. The highest BCUT2D eigenvalue weighted by Gasteiger charge is 2.40. The fourth-order valence-corrected chi connectivity index (χ4v) is 4.70. The van der Waals surface area contributed by atoms with E-state index in [9.17, 15) is 19.2 Å². The quantitative estimate of drug-likeness (QED) is 0.429. The van der Waals surface area contributed by atoms with E-state index in [1.165, 1.54) is 7.11 Å². The number of ether oxygens (including phenoxy) is 2. The molecule has 2 atom stereocenters. The van der Waals surface area contributed by atoms with Crippen molar-refractivity contribution < 1.29 is 28.7 Å². The van der Waals surface area contributed by atoms with Crippen molar-refractivity contribution >= 4 is 23.8 Å². The van der Waals surface area contributed by atoms with E-state index in [4.69, 9.17) is 9.47 Å². The lowest BCUT2D eigenvalue weighted by Gasteiger charge is -2.42. The summed E-state index contributed by atoms with van der Waals surface area (Å²) < 4.78 is 10.1. The Morgan fingerprint density at radius 3 is 2.30 bits per heavy atom. The van der Waals surface area contributed by atoms with Crippen LogP contribution in [0.15, 0.2) is 24.3 Å². The summed E-state index contributed by atoms with van der Waals surface area (Å²) in [7, 11) is 2.83. The number of piperidine rings is 1. The maximum absolute atomic E-state index is 13.6. The van der Waals surface area contributed by atoms with Crippen molar-refractivity contribution in [1.29, 1.82) is 0 Å². The van der Waals surface area contributed by atoms with E-state index < -0.39 is 24.0 Å². The highest BCUT2D eigenvalue weighted by molar-refractivity contribution is 5.92. The van der Waals surface area contributed by atoms with Crippen LogP contribution in [-0.4, -0.2) is 98.7 Å². The molecule has 0 saturated carbocycles. The zero-order chi connectivity index (χ0) is 26.9. The minimum absolute atomic E-state index is 0.0392. The molecule has 0 bridgehead atoms. The van der Waals surface area contributed by atoms with Gasteiger partial charge < -0.3 is 35.2 Å². The second kappa shape index (κ2) is 13.3. The Labute approximate surface area is 218 Å². The normalized spacial score (nSPS) is 19.2. The number of methoxy groups -OCH3 is 2. The fraction of sp³-hybridized carbons (Fsp3) is 0.615. The Hall–Kier alpha value is -3.34. The van der Waals surface area contributed by atoms with Crippen molar-refractivity contribution in [2.75, 3.05) is 46.9 Å². The van der Waals surface area contributed by atoms with Crippen molar-refractivity contribution in [2.45, 2.75) is 51.2 Å². The number of piperazine rings is 1. The lowest BCUT2D eigenvalue weighted by Crippen LogP contribution is -2.65. The number of carbonyl (C=O) groups is 4. The van der Waals surface area contributed by atoms with Crippen LogP contribution in [0.3, 0.4) is 0 Å². The summed E-state index contributed by atoms with van der Waals surface area (Å²) in [6.07, 6.45) is 1.60. The number of hydrogen-bond donors (Lipinski definition) is 3. The van der Waals surface area contributed by atoms with Crippen LogP contribution in [0.5, 0.6) is 5.75 Å². The first-order valence-corrected chi connectivity index (χ1v) is 12.8. The molecule has 11 heteroatoms. The van der Waals surface area contributed by atoms with E-state index in [1.807, 2.05) is 26.0 Å². The summed E-state index contributed by atoms with van der Waals surface area (Å²) in [5.41, 5.74) is 0.806. The monoisotopic (exact) mass is 517 g/mol. The zero-order valence-electron chi connectivity index (χ0n) is 22.1. The van der Waals surface area contributed by atoms with Gasteiger partial charge in [-0.3, -0.25) is 9.59 Å². The highest BCUT2D eigenvalue weighted by atomic mass is 16.5. The molecule has 2 fully saturated rings. The average Bonchev–Trinajstić information content (AvgIpc) is 2.91. The number of urea groups is 1. The SMILES string of the molecule is COC(=O)[C@H](Cc1ccc(OC)cc1)NC(=O)[C@@H]1CN(C(=O)NC(C)C)CCN1C(=O)C1CCNCC1. The minimum Gasteiger partial charge on any atom is -0.497 e. The summed E-state index contributed by atoms with van der Waals surface area (Å²) in [4.78, 5) is 55.5. The van der Waals surface area contributed by atoms with Gasteiger partial charge in [-0.05, 0) is 57.5 Å². The van der Waals surface area contributed by atoms with Crippen LogP contribution in [0.4, 0.5) is 4.79 Å². The topological polar surface area (TPSA) is 129 Å². The molecule has 4 amide bonds. The van der Waals surface area contributed by atoms with Gasteiger partial charge in [0, 0.05) is 31.5 Å². The number of amides is 4. The summed E-state index contributed by atoms with van der Waals surface area (Å²) >= 11 is 0. The van der Waals surface area contributed by atoms with Crippen LogP contribution in [-0.2, 0) is 25.5 Å². The third kappa shape index (κ3) is 7.58. The van der Waals surface area contributed by atoms with Gasteiger partial charge in [0.15, 0.2) is 0 Å². The zero-order valence-corrected chi connectivity index (χ0v) is 22.1. The summed E-state index contributed by atoms with van der Waals surface area (Å²) in [6.45, 7) is 5.82. The molecule has 204 valence electrons. The predicted molar refractivity (Wildman–Crippen MR) is 137 cm³/mol. The number of nitrogens with one attached hydrogen (secondary N) is 3. The van der Waals surface area contributed by atoms with Gasteiger partial charge in [0.05, 0.1) is 20.8 Å². The molecule has 11 nitrogen and oxygen atoms in total. The van der Waals surface area contributed by atoms with Crippen LogP contribution < -0.4 is 20.7 Å². The van der Waals surface area contributed by atoms with Gasteiger partial charge in [-0.25, -0.2) is 9.59 Å². The Balaban J connectivity index is 1.79. The van der Waals surface area contributed by atoms with E-state index in [0.29, 0.717) is 25.1 Å². The molecule has 2 aliphatic rings. The largest absolute Gasteiger partial charge is 0.497 e. The number of carbonyl (C=O) groups excluding carboxylic acids is 4. The van der Waals surface area contributed by atoms with Crippen molar-refractivity contribution in [3.05, 3.63) is 29.8 Å². The molecule has 1 aromatic carbocycles. The van der Waals surface area contributed by atoms with Crippen LogP contribution in [0, 0.1) is 5.92 Å². The van der Waals surface area contributed by atoms with Gasteiger partial charge >= 0.3 is 12.0 Å². The first-order chi connectivity index (χ1) is 17.7. The maximum Gasteiger partial charge on any atom is 0.328 e. The lowest BCUT2D eigenvalue weighted by molar-refractivity contribution is -0.149. The maximum atomic E-state index is 13.6. The molecule has 0 unspecified atom stereocenters. The van der Waals surface area contributed by atoms with Crippen molar-refractivity contribution in [3.8, 4) is 5.75 Å². The molecule has 0 radical (unpaired) electrons. The highest BCUT2D eigenvalue weighted by Crippen LogP contribution is 2.21. The number of rotatable bonds is 8. The second-order valence-corrected chi connectivity index (χ2v) is 9.76. The van der Waals surface area contributed by atoms with Gasteiger partial charge in [0.1, 0.15) is 17.8 Å². The first-order valence-electron chi connectivity index (χ1n) is 12.8. The Morgan fingerprint density at radius 1 is 1.03 bits per heavy atom. The molecular formula is C26H39N5O6. The van der Waals surface area contributed by atoms with E-state index >= 15 is 0 Å². The molecule has 3 N–H and O–H groups in total. The Morgan fingerprint density at radius 2 is 1.70 bits per heavy atom. The predicted octanol–water partition coefficient (Wildman–Crippen LogP) is 0.526. The van der Waals surface area contributed by atoms with E-state index in [-0.39, 0.29) is 43.4 Å². The molecule has 2 saturated heterocycles. The molecule has 0 spiro atoms. The molecule has 1 aromatic rings. The second-order valence-electron chi connectivity index (χ2n) is 9.76. The van der Waals surface area contributed by atoms with Crippen LogP contribution in [0.25, 0.3) is 0 Å². The minimum atomic E-state index is -0.957. The standard InChI is InChI=1S/C26H39N5O6/c1-17(2)28-26(35)30-13-14-31(24(33)19-9-11-27-12-10-19)22(16-30)23(32)29-21(25(34)37-4)15-18-5-7-20(36-3)8-6-18/h5-8,17,19,21-22,27H,9-16H2,1-4H3,(H,28,35)(H,29,32)/t21-,22-/m0/s1. The smallest absolute Gasteiger partial charge is 0.328 e. The summed E-state index contributed by atoms with van der Waals surface area (Å²) in [5.74, 6) is -0.672. The number of hydrogen-bond acceptors (Lipinski definition) is 7. The van der Waals surface area contributed by atoms with E-state index in [0.717, 1.165) is 18.7 Å². The van der Waals surface area contributed by atoms with Crippen LogP contribution >= 0.6 is 0 Å². The van der Waals surface area contributed by atoms with Crippen LogP contribution in [0.1, 0.15) is 32.3 Å². The van der Waals surface area contributed by atoms with E-state index in [2.05, 4.69) is 16.0 Å². The van der Waals surface area contributed by atoms with Crippen molar-refractivity contribution in [1.82, 2.24) is 25.8 Å². The van der Waals surface area contributed by atoms with Gasteiger partial charge in [0.2, 0.25) is 11.8 Å². The third-order valence-electron chi connectivity index (χ3n) is 6.75. The van der Waals surface area contributed by atoms with Gasteiger partial charge in [-0.1, -0.05) is 12.1 Å². The van der Waals surface area contributed by atoms with Crippen molar-refractivity contribution in [2.24, 2.45) is 5.92 Å². The molecule has 2 aliphatic heterocycles. The molecule has 0 aliphatic carbocycles. The molecule has 0 aromatic heterocycles. The van der Waals surface area contributed by atoms with Crippen LogP contribution in [0.2, 0.25) is 0 Å². The van der Waals surface area contributed by atoms with E-state index in [1.54, 1.807) is 29.0 Å². The Bertz CT molecular complexity index is 947. The summed E-state index contributed by atoms with van der Waals surface area (Å²) in [5, 5.41) is 8.89. The lowest BCUT2D eigenvalue weighted by atomic mass is 9.95. The van der Waals surface area contributed by atoms with Gasteiger partial charge in [-0.2, -0.15) is 0 Å². The number of nitrogens with zero attached hydrogens (tertiary/aromatic N) is 2. The number of benzene rings is 1. The summed E-state index contributed by atoms with van der Waals surface area (Å²) in [6, 6.07) is 4.94. The molecule has 3 rings (SSSR count). The molecule has 37 heavy (non-hydrogen) atoms. The third-order valence-corrected chi connectivity index (χ3v) is 6.75. The van der Waals surface area contributed by atoms with Gasteiger partial charge in [-0.15, -0.1) is 0 Å². The first kappa shape index (κ1) is 28.2. The Kier molecular flexibility index (Phi) is 10.1. The van der Waals surface area contributed by atoms with Crippen molar-refractivity contribution in [3.63, 3.8) is 0 Å². The molecular weight excluding hydrogens is 478 g/mol. The number of esters is 1. The molecule has 2 heterocycles.